The Hall–Kier alpha value is -4.37. The molecule has 9 amide bonds. The first-order chi connectivity index (χ1) is 21.3. The van der Waals surface area contributed by atoms with Gasteiger partial charge in [0.2, 0.25) is 53.2 Å². The van der Waals surface area contributed by atoms with Crippen molar-refractivity contribution in [2.75, 3.05) is 45.8 Å². The van der Waals surface area contributed by atoms with E-state index in [1.165, 1.54) is 4.90 Å². The van der Waals surface area contributed by atoms with Gasteiger partial charge in [0.25, 0.3) is 0 Å². The lowest BCUT2D eigenvalue weighted by Crippen LogP contribution is -2.44. The number of nitrogens with zero attached hydrogens (tertiary/aromatic N) is 2. The maximum atomic E-state index is 12.3. The summed E-state index contributed by atoms with van der Waals surface area (Å²) in [7, 11) is 0. The van der Waals surface area contributed by atoms with Crippen LogP contribution in [0, 0.1) is 17.8 Å². The molecule has 0 aliphatic carbocycles. The second-order valence-corrected chi connectivity index (χ2v) is 10.8. The largest absolute Gasteiger partial charge is 0.354 e. The molecular weight excluding hydrogens is 590 g/mol. The van der Waals surface area contributed by atoms with Crippen LogP contribution in [0.2, 0.25) is 0 Å². The van der Waals surface area contributed by atoms with Gasteiger partial charge in [-0.15, -0.1) is 0 Å². The maximum Gasteiger partial charge on any atom is 0.239 e. The molecule has 2 unspecified atom stereocenters. The van der Waals surface area contributed by atoms with Crippen LogP contribution in [0.25, 0.3) is 0 Å². The summed E-state index contributed by atoms with van der Waals surface area (Å²) in [6.07, 6.45) is 0.555. The van der Waals surface area contributed by atoms with E-state index in [4.69, 9.17) is 0 Å². The van der Waals surface area contributed by atoms with E-state index in [-0.39, 0.29) is 119 Å². The van der Waals surface area contributed by atoms with Crippen molar-refractivity contribution in [3.63, 3.8) is 0 Å². The van der Waals surface area contributed by atoms with E-state index in [0.717, 1.165) is 4.90 Å². The molecule has 16 heteroatoms. The standard InChI is InChI=1S/C27H41N7O9.C2H6/c1-16(2)18-12-25(41)33(27(18)43)9-4-5-19(35)30-14-22(38)32-15-23(39)31-13-21(37)28-7-6-20(36)29-8-10-34-24(40)11-17(3)26(34)42;1-2/h16-18H,4-15H2,1-3H3,(H,28,37)(H,29,36)(H,30,35)(H,31,39)(H,32,38);1-2H3. The Morgan fingerprint density at radius 1 is 0.644 bits per heavy atom. The van der Waals surface area contributed by atoms with E-state index >= 15 is 0 Å². The van der Waals surface area contributed by atoms with Crippen molar-refractivity contribution in [2.24, 2.45) is 17.8 Å². The minimum atomic E-state index is -0.646. The lowest BCUT2D eigenvalue weighted by molar-refractivity contribution is -0.141. The zero-order valence-electron chi connectivity index (χ0n) is 26.8. The number of hydrogen-bond donors (Lipinski definition) is 5. The van der Waals surface area contributed by atoms with E-state index < -0.39 is 30.2 Å². The Morgan fingerprint density at radius 2 is 1.11 bits per heavy atom. The number of rotatable bonds is 17. The van der Waals surface area contributed by atoms with Crippen molar-refractivity contribution in [1.82, 2.24) is 36.4 Å². The highest BCUT2D eigenvalue weighted by atomic mass is 16.2. The number of carbonyl (C=O) groups is 9. The minimum Gasteiger partial charge on any atom is -0.354 e. The zero-order valence-corrected chi connectivity index (χ0v) is 26.8. The third-order valence-corrected chi connectivity index (χ3v) is 7.01. The van der Waals surface area contributed by atoms with Crippen LogP contribution < -0.4 is 26.6 Å². The van der Waals surface area contributed by atoms with Crippen LogP contribution in [0.3, 0.4) is 0 Å². The average Bonchev–Trinajstić information content (AvgIpc) is 3.42. The molecule has 16 nitrogen and oxygen atoms in total. The van der Waals surface area contributed by atoms with Crippen LogP contribution in [0.5, 0.6) is 0 Å². The predicted molar refractivity (Wildman–Crippen MR) is 160 cm³/mol. The highest BCUT2D eigenvalue weighted by molar-refractivity contribution is 6.04. The van der Waals surface area contributed by atoms with Crippen LogP contribution in [0.15, 0.2) is 0 Å². The summed E-state index contributed by atoms with van der Waals surface area (Å²) in [5, 5.41) is 12.0. The van der Waals surface area contributed by atoms with Crippen molar-refractivity contribution in [1.29, 1.82) is 0 Å². The number of likely N-dealkylation sites (tertiary alicyclic amines) is 2. The van der Waals surface area contributed by atoms with E-state index in [2.05, 4.69) is 26.6 Å². The highest BCUT2D eigenvalue weighted by Crippen LogP contribution is 2.26. The van der Waals surface area contributed by atoms with E-state index in [9.17, 15) is 43.2 Å². The summed E-state index contributed by atoms with van der Waals surface area (Å²) in [6, 6.07) is 0. The molecule has 0 aromatic carbocycles. The maximum absolute atomic E-state index is 12.3. The smallest absolute Gasteiger partial charge is 0.239 e. The van der Waals surface area contributed by atoms with Gasteiger partial charge in [-0.1, -0.05) is 34.6 Å². The topological polar surface area (TPSA) is 220 Å². The van der Waals surface area contributed by atoms with Crippen LogP contribution in [-0.2, 0) is 43.2 Å². The van der Waals surface area contributed by atoms with Crippen molar-refractivity contribution < 1.29 is 43.2 Å². The molecule has 0 spiro atoms. The number of amides is 9. The molecule has 2 aliphatic rings. The third kappa shape index (κ3) is 13.4. The fourth-order valence-corrected chi connectivity index (χ4v) is 4.47. The Bertz CT molecular complexity index is 1130. The number of imide groups is 2. The molecule has 2 heterocycles. The van der Waals surface area contributed by atoms with Gasteiger partial charge in [0.1, 0.15) is 0 Å². The monoisotopic (exact) mass is 637 g/mol. The van der Waals surface area contributed by atoms with Gasteiger partial charge in [-0.3, -0.25) is 53.0 Å². The zero-order chi connectivity index (χ0) is 34.1. The molecule has 0 saturated carbocycles. The quantitative estimate of drug-likeness (QED) is 0.113. The predicted octanol–water partition coefficient (Wildman–Crippen LogP) is -1.81. The van der Waals surface area contributed by atoms with E-state index in [1.807, 2.05) is 27.7 Å². The summed E-state index contributed by atoms with van der Waals surface area (Å²) >= 11 is 0. The Kier molecular flexibility index (Phi) is 17.0. The summed E-state index contributed by atoms with van der Waals surface area (Å²) in [5.41, 5.74) is 0. The first-order valence-corrected chi connectivity index (χ1v) is 15.3. The van der Waals surface area contributed by atoms with E-state index in [0.29, 0.717) is 0 Å². The normalized spacial score (nSPS) is 17.6. The van der Waals surface area contributed by atoms with Gasteiger partial charge >= 0.3 is 0 Å². The molecule has 2 aliphatic heterocycles. The minimum absolute atomic E-state index is 0.00130. The number of carbonyl (C=O) groups excluding carboxylic acids is 9. The number of nitrogens with one attached hydrogen (secondary N) is 5. The number of hydrogen-bond acceptors (Lipinski definition) is 9. The highest BCUT2D eigenvalue weighted by Gasteiger charge is 2.39. The van der Waals surface area contributed by atoms with Gasteiger partial charge < -0.3 is 26.6 Å². The van der Waals surface area contributed by atoms with Gasteiger partial charge in [0.15, 0.2) is 0 Å². The summed E-state index contributed by atoms with van der Waals surface area (Å²) in [6.45, 7) is 8.54. The fourth-order valence-electron chi connectivity index (χ4n) is 4.47. The van der Waals surface area contributed by atoms with Crippen LogP contribution in [0.1, 0.15) is 66.7 Å². The van der Waals surface area contributed by atoms with Crippen molar-refractivity contribution in [3.05, 3.63) is 0 Å². The summed E-state index contributed by atoms with van der Waals surface area (Å²) in [4.78, 5) is 110. The molecule has 2 atom stereocenters. The van der Waals surface area contributed by atoms with Crippen molar-refractivity contribution in [3.8, 4) is 0 Å². The molecule has 45 heavy (non-hydrogen) atoms. The Balaban J connectivity index is 0.00000496. The first kappa shape index (κ1) is 38.7. The molecule has 252 valence electrons. The molecular formula is C29H47N7O9. The van der Waals surface area contributed by atoms with Crippen molar-refractivity contribution in [2.45, 2.75) is 66.7 Å². The molecule has 0 radical (unpaired) electrons. The van der Waals surface area contributed by atoms with Gasteiger partial charge in [-0.2, -0.15) is 0 Å². The van der Waals surface area contributed by atoms with Crippen LogP contribution in [-0.4, -0.2) is 109 Å². The van der Waals surface area contributed by atoms with Gasteiger partial charge in [-0.25, -0.2) is 0 Å². The van der Waals surface area contributed by atoms with E-state index in [1.54, 1.807) is 6.92 Å². The molecule has 2 fully saturated rings. The molecule has 2 saturated heterocycles. The lowest BCUT2D eigenvalue weighted by atomic mass is 9.94. The SMILES string of the molecule is CC.CC1CC(=O)N(CCNC(=O)CCNC(=O)CNC(=O)CNC(=O)CNC(=O)CCCN2C(=O)CC(C(C)C)C2=O)C1=O. The Labute approximate surface area is 263 Å². The van der Waals surface area contributed by atoms with Gasteiger partial charge in [-0.05, 0) is 12.3 Å². The lowest BCUT2D eigenvalue weighted by Gasteiger charge is -2.16. The summed E-state index contributed by atoms with van der Waals surface area (Å²) in [5.74, 6) is -4.31. The van der Waals surface area contributed by atoms with Crippen molar-refractivity contribution >= 4 is 53.2 Å². The third-order valence-electron chi connectivity index (χ3n) is 7.01. The van der Waals surface area contributed by atoms with Crippen LogP contribution >= 0.6 is 0 Å². The molecule has 5 N–H and O–H groups in total. The molecule has 0 aromatic heterocycles. The molecule has 0 bridgehead atoms. The molecule has 2 rings (SSSR count). The second-order valence-electron chi connectivity index (χ2n) is 10.8. The van der Waals surface area contributed by atoms with Crippen LogP contribution in [0.4, 0.5) is 0 Å². The fraction of sp³-hybridized carbons (Fsp3) is 0.690. The average molecular weight is 638 g/mol. The van der Waals surface area contributed by atoms with Gasteiger partial charge in [0, 0.05) is 63.7 Å². The van der Waals surface area contributed by atoms with Gasteiger partial charge in [0.05, 0.1) is 19.6 Å². The first-order valence-electron chi connectivity index (χ1n) is 15.3. The molecule has 0 aromatic rings. The Morgan fingerprint density at radius 3 is 1.62 bits per heavy atom. The second kappa shape index (κ2) is 19.8. The summed E-state index contributed by atoms with van der Waals surface area (Å²) < 4.78 is 0.